The highest BCUT2D eigenvalue weighted by Crippen LogP contribution is 2.32. The molecule has 0 amide bonds. The molecule has 0 N–H and O–H groups in total. The van der Waals surface area contributed by atoms with Crippen molar-refractivity contribution < 1.29 is 19.2 Å². The van der Waals surface area contributed by atoms with Gasteiger partial charge in [-0.25, -0.2) is 4.79 Å². The van der Waals surface area contributed by atoms with Crippen LogP contribution < -0.4 is 9.47 Å². The minimum Gasteiger partial charge on any atom is -0.495 e. The molecule has 0 fully saturated rings. The Morgan fingerprint density at radius 2 is 1.47 bits per heavy atom. The van der Waals surface area contributed by atoms with Gasteiger partial charge in [0.1, 0.15) is 11.5 Å². The molecule has 0 saturated carbocycles. The van der Waals surface area contributed by atoms with Crippen molar-refractivity contribution in [3.63, 3.8) is 0 Å². The van der Waals surface area contributed by atoms with E-state index in [9.17, 15) is 14.9 Å². The molecule has 0 aromatic heterocycles. The predicted octanol–water partition coefficient (Wildman–Crippen LogP) is 6.53. The van der Waals surface area contributed by atoms with Gasteiger partial charge in [0.05, 0.1) is 17.6 Å². The van der Waals surface area contributed by atoms with E-state index in [-0.39, 0.29) is 11.4 Å². The Morgan fingerprint density at radius 3 is 2.19 bits per heavy atom. The highest BCUT2D eigenvalue weighted by molar-refractivity contribution is 5.97. The summed E-state index contributed by atoms with van der Waals surface area (Å²) in [6.45, 7) is 0. The lowest BCUT2D eigenvalue weighted by Crippen LogP contribution is -2.04. The standard InChI is InChI=1S/C30H19NO5/c1-35-29-16-9-24-19-23(22-7-6-20-4-2-3-5-21(20)18-22)8-14-27(24)28(29)15-17-30(32)36-26-12-10-25(11-13-26)31(33)34/h2-14,16,18-19H,1H3. The van der Waals surface area contributed by atoms with Crippen LogP contribution in [0.15, 0.2) is 97.1 Å². The highest BCUT2D eigenvalue weighted by atomic mass is 16.6. The number of ether oxygens (including phenoxy) is 2. The normalized spacial score (nSPS) is 10.5. The van der Waals surface area contributed by atoms with Crippen molar-refractivity contribution in [3.05, 3.63) is 113 Å². The molecule has 5 aromatic rings. The number of carbonyl (C=O) groups excluding carboxylic acids is 1. The van der Waals surface area contributed by atoms with Crippen molar-refractivity contribution in [3.8, 4) is 34.5 Å². The van der Waals surface area contributed by atoms with Crippen molar-refractivity contribution >= 4 is 33.2 Å². The van der Waals surface area contributed by atoms with Gasteiger partial charge >= 0.3 is 5.97 Å². The summed E-state index contributed by atoms with van der Waals surface area (Å²) in [6.07, 6.45) is 0. The molecule has 0 spiro atoms. The summed E-state index contributed by atoms with van der Waals surface area (Å²) in [6, 6.07) is 29.7. The third-order valence-corrected chi connectivity index (χ3v) is 5.83. The summed E-state index contributed by atoms with van der Waals surface area (Å²) < 4.78 is 10.7. The van der Waals surface area contributed by atoms with E-state index in [0.29, 0.717) is 11.3 Å². The smallest absolute Gasteiger partial charge is 0.390 e. The summed E-state index contributed by atoms with van der Waals surface area (Å²) in [5, 5.41) is 14.9. The van der Waals surface area contributed by atoms with Crippen LogP contribution in [-0.4, -0.2) is 18.0 Å². The molecule has 5 rings (SSSR count). The number of benzene rings is 5. The predicted molar refractivity (Wildman–Crippen MR) is 139 cm³/mol. The number of nitro groups is 1. The molecule has 0 atom stereocenters. The van der Waals surface area contributed by atoms with Gasteiger partial charge in [0.15, 0.2) is 0 Å². The minimum atomic E-state index is -0.782. The number of methoxy groups -OCH3 is 1. The van der Waals surface area contributed by atoms with Crippen molar-refractivity contribution in [1.29, 1.82) is 0 Å². The lowest BCUT2D eigenvalue weighted by Gasteiger charge is -2.10. The summed E-state index contributed by atoms with van der Waals surface area (Å²) >= 11 is 0. The molecule has 0 aliphatic carbocycles. The zero-order valence-electron chi connectivity index (χ0n) is 19.2. The van der Waals surface area contributed by atoms with Crippen LogP contribution in [0, 0.1) is 22.0 Å². The molecular formula is C30H19NO5. The van der Waals surface area contributed by atoms with E-state index >= 15 is 0 Å². The molecule has 0 aliphatic rings. The van der Waals surface area contributed by atoms with Crippen LogP contribution in [0.4, 0.5) is 5.69 Å². The maximum absolute atomic E-state index is 12.3. The average Bonchev–Trinajstić information content (AvgIpc) is 2.91. The number of fused-ring (bicyclic) bond motifs is 2. The van der Waals surface area contributed by atoms with Crippen LogP contribution in [0.1, 0.15) is 5.56 Å². The first-order valence-electron chi connectivity index (χ1n) is 11.1. The number of non-ortho nitro benzene ring substituents is 1. The fraction of sp³-hybridized carbons (Fsp3) is 0.0333. The van der Waals surface area contributed by atoms with Gasteiger partial charge in [-0.3, -0.25) is 10.1 Å². The molecule has 0 heterocycles. The van der Waals surface area contributed by atoms with E-state index in [0.717, 1.165) is 21.9 Å². The van der Waals surface area contributed by atoms with Gasteiger partial charge in [-0.05, 0) is 57.6 Å². The van der Waals surface area contributed by atoms with Crippen molar-refractivity contribution in [2.75, 3.05) is 7.11 Å². The highest BCUT2D eigenvalue weighted by Gasteiger charge is 2.10. The van der Waals surface area contributed by atoms with Gasteiger partial charge in [0, 0.05) is 23.4 Å². The zero-order chi connectivity index (χ0) is 25.1. The van der Waals surface area contributed by atoms with Gasteiger partial charge in [-0.2, -0.15) is 0 Å². The fourth-order valence-electron chi connectivity index (χ4n) is 4.04. The number of hydrogen-bond donors (Lipinski definition) is 0. The Balaban J connectivity index is 1.46. The van der Waals surface area contributed by atoms with E-state index in [4.69, 9.17) is 9.47 Å². The lowest BCUT2D eigenvalue weighted by atomic mass is 9.96. The van der Waals surface area contributed by atoms with Gasteiger partial charge in [0.2, 0.25) is 0 Å². The Bertz CT molecular complexity index is 1690. The monoisotopic (exact) mass is 473 g/mol. The fourth-order valence-corrected chi connectivity index (χ4v) is 4.04. The Hall–Kier alpha value is -5.15. The summed E-state index contributed by atoms with van der Waals surface area (Å²) in [5.41, 5.74) is 2.64. The van der Waals surface area contributed by atoms with Crippen molar-refractivity contribution in [2.24, 2.45) is 0 Å². The quantitative estimate of drug-likeness (QED) is 0.0974. The third-order valence-electron chi connectivity index (χ3n) is 5.83. The average molecular weight is 473 g/mol. The zero-order valence-corrected chi connectivity index (χ0v) is 19.2. The topological polar surface area (TPSA) is 78.7 Å². The summed E-state index contributed by atoms with van der Waals surface area (Å²) in [5.74, 6) is 5.30. The van der Waals surface area contributed by atoms with Crippen LogP contribution in [0.3, 0.4) is 0 Å². The first-order chi connectivity index (χ1) is 17.5. The van der Waals surface area contributed by atoms with Crippen LogP contribution in [0.25, 0.3) is 32.7 Å². The number of hydrogen-bond acceptors (Lipinski definition) is 5. The molecule has 5 aromatic carbocycles. The number of carbonyl (C=O) groups is 1. The van der Waals surface area contributed by atoms with Gasteiger partial charge in [-0.1, -0.05) is 60.5 Å². The second-order valence-corrected chi connectivity index (χ2v) is 8.03. The van der Waals surface area contributed by atoms with Gasteiger partial charge in [-0.15, -0.1) is 0 Å². The molecule has 0 bridgehead atoms. The largest absolute Gasteiger partial charge is 0.495 e. The summed E-state index contributed by atoms with van der Waals surface area (Å²) in [7, 11) is 1.55. The molecule has 0 saturated heterocycles. The maximum Gasteiger partial charge on any atom is 0.390 e. The van der Waals surface area contributed by atoms with Gasteiger partial charge in [0.25, 0.3) is 5.69 Å². The molecule has 0 radical (unpaired) electrons. The number of nitro benzene ring substituents is 1. The number of esters is 1. The molecule has 174 valence electrons. The SMILES string of the molecule is COc1ccc2cc(-c3ccc4ccccc4c3)ccc2c1C#CC(=O)Oc1ccc([N+](=O)[O-])cc1. The number of rotatable bonds is 4. The minimum absolute atomic E-state index is 0.0931. The van der Waals surface area contributed by atoms with Crippen LogP contribution >= 0.6 is 0 Å². The van der Waals surface area contributed by atoms with E-state index < -0.39 is 10.9 Å². The van der Waals surface area contributed by atoms with E-state index in [1.54, 1.807) is 7.11 Å². The molecule has 6 nitrogen and oxygen atoms in total. The van der Waals surface area contributed by atoms with Gasteiger partial charge < -0.3 is 9.47 Å². The Kier molecular flexibility index (Phi) is 6.04. The van der Waals surface area contributed by atoms with Crippen molar-refractivity contribution in [2.45, 2.75) is 0 Å². The Labute approximate surface area is 206 Å². The van der Waals surface area contributed by atoms with E-state index in [1.165, 1.54) is 35.0 Å². The maximum atomic E-state index is 12.3. The molecule has 6 heteroatoms. The van der Waals surface area contributed by atoms with E-state index in [2.05, 4.69) is 48.2 Å². The van der Waals surface area contributed by atoms with Crippen LogP contribution in [-0.2, 0) is 4.79 Å². The van der Waals surface area contributed by atoms with Crippen molar-refractivity contribution in [1.82, 2.24) is 0 Å². The second kappa shape index (κ2) is 9.61. The lowest BCUT2D eigenvalue weighted by molar-refractivity contribution is -0.384. The first-order valence-corrected chi connectivity index (χ1v) is 11.1. The third kappa shape index (κ3) is 4.59. The van der Waals surface area contributed by atoms with Crippen LogP contribution in [0.5, 0.6) is 11.5 Å². The molecule has 0 aliphatic heterocycles. The molecule has 36 heavy (non-hydrogen) atoms. The second-order valence-electron chi connectivity index (χ2n) is 8.03. The molecular weight excluding hydrogens is 454 g/mol. The van der Waals surface area contributed by atoms with E-state index in [1.807, 2.05) is 36.4 Å². The first kappa shape index (κ1) is 22.6. The van der Waals surface area contributed by atoms with Crippen LogP contribution in [0.2, 0.25) is 0 Å². The molecule has 0 unspecified atom stereocenters. The summed E-state index contributed by atoms with van der Waals surface area (Å²) in [4.78, 5) is 22.6. The Morgan fingerprint density at radius 1 is 0.806 bits per heavy atom. The number of nitrogens with zero attached hydrogens (tertiary/aromatic N) is 1.